The Morgan fingerprint density at radius 2 is 1.83 bits per heavy atom. The highest BCUT2D eigenvalue weighted by Gasteiger charge is 2.24. The molecule has 0 aliphatic heterocycles. The van der Waals surface area contributed by atoms with E-state index in [0.717, 1.165) is 0 Å². The predicted octanol–water partition coefficient (Wildman–Crippen LogP) is 1.53. The molecular formula is C11H24NO5P. The molecule has 0 spiro atoms. The Morgan fingerprint density at radius 1 is 1.28 bits per heavy atom. The van der Waals surface area contributed by atoms with Gasteiger partial charge in [-0.05, 0) is 20.3 Å². The fraction of sp³-hybridized carbons (Fsp3) is 0.909. The number of nitrogens with one attached hydrogen (secondary N) is 1. The van der Waals surface area contributed by atoms with E-state index in [1.165, 1.54) is 0 Å². The molecule has 0 rings (SSSR count). The Bertz CT molecular complexity index is 271. The fourth-order valence-corrected chi connectivity index (χ4v) is 2.97. The zero-order valence-electron chi connectivity index (χ0n) is 11.3. The van der Waals surface area contributed by atoms with Crippen LogP contribution in [0.1, 0.15) is 33.6 Å². The molecule has 1 atom stereocenters. The second kappa shape index (κ2) is 9.50. The lowest BCUT2D eigenvalue weighted by Crippen LogP contribution is -2.37. The van der Waals surface area contributed by atoms with Crippen LogP contribution < -0.4 is 5.32 Å². The lowest BCUT2D eigenvalue weighted by atomic mass is 10.2. The Morgan fingerprint density at radius 3 is 2.22 bits per heavy atom. The summed E-state index contributed by atoms with van der Waals surface area (Å²) in [6.45, 7) is 5.79. The average Bonchev–Trinajstić information content (AvgIpc) is 2.34. The van der Waals surface area contributed by atoms with Crippen LogP contribution >= 0.6 is 7.60 Å². The predicted molar refractivity (Wildman–Crippen MR) is 69.7 cm³/mol. The molecule has 0 saturated carbocycles. The Hall–Kier alpha value is -0.420. The minimum absolute atomic E-state index is 0.0579. The van der Waals surface area contributed by atoms with E-state index in [9.17, 15) is 9.36 Å². The largest absolute Gasteiger partial charge is 0.394 e. The average molecular weight is 281 g/mol. The molecule has 108 valence electrons. The summed E-state index contributed by atoms with van der Waals surface area (Å²) in [6, 6.07) is -0.254. The van der Waals surface area contributed by atoms with Gasteiger partial charge in [0.25, 0.3) is 0 Å². The maximum Gasteiger partial charge on any atom is 0.331 e. The molecule has 1 amide bonds. The highest BCUT2D eigenvalue weighted by atomic mass is 31.2. The number of amides is 1. The standard InChI is InChI=1S/C11H24NO5P/c1-4-10(9-13)12-11(14)7-8-18(15,16-5-2)17-6-3/h10,13H,4-9H2,1-3H3,(H,12,14). The molecule has 7 heteroatoms. The van der Waals surface area contributed by atoms with Crippen LogP contribution in [0.5, 0.6) is 0 Å². The third kappa shape index (κ3) is 7.11. The third-order valence-electron chi connectivity index (χ3n) is 2.34. The van der Waals surface area contributed by atoms with E-state index in [0.29, 0.717) is 6.42 Å². The first-order valence-corrected chi connectivity index (χ1v) is 8.02. The van der Waals surface area contributed by atoms with Gasteiger partial charge in [-0.3, -0.25) is 9.36 Å². The molecule has 6 nitrogen and oxygen atoms in total. The summed E-state index contributed by atoms with van der Waals surface area (Å²) in [4.78, 5) is 11.6. The quantitative estimate of drug-likeness (QED) is 0.593. The van der Waals surface area contributed by atoms with Crippen LogP contribution in [0.2, 0.25) is 0 Å². The van der Waals surface area contributed by atoms with Crippen molar-refractivity contribution >= 4 is 13.5 Å². The minimum atomic E-state index is -3.16. The molecule has 0 aliphatic carbocycles. The van der Waals surface area contributed by atoms with E-state index < -0.39 is 7.60 Å². The van der Waals surface area contributed by atoms with Crippen LogP contribution in [0.3, 0.4) is 0 Å². The first-order chi connectivity index (χ1) is 8.51. The Labute approximate surface area is 109 Å². The molecule has 0 aromatic rings. The van der Waals surface area contributed by atoms with Crippen LogP contribution in [0.4, 0.5) is 0 Å². The second-order valence-corrected chi connectivity index (χ2v) is 5.96. The third-order valence-corrected chi connectivity index (χ3v) is 4.42. The van der Waals surface area contributed by atoms with Gasteiger partial charge in [0.05, 0.1) is 32.0 Å². The number of carbonyl (C=O) groups is 1. The molecule has 0 heterocycles. The molecular weight excluding hydrogens is 257 g/mol. The topological polar surface area (TPSA) is 84.9 Å². The summed E-state index contributed by atoms with van der Waals surface area (Å²) < 4.78 is 22.2. The number of aliphatic hydroxyl groups is 1. The first kappa shape index (κ1) is 17.6. The van der Waals surface area contributed by atoms with Crippen LogP contribution in [-0.4, -0.2) is 43.0 Å². The maximum atomic E-state index is 12.1. The highest BCUT2D eigenvalue weighted by Crippen LogP contribution is 2.48. The van der Waals surface area contributed by atoms with E-state index in [4.69, 9.17) is 14.2 Å². The van der Waals surface area contributed by atoms with Gasteiger partial charge in [0.1, 0.15) is 0 Å². The summed E-state index contributed by atoms with van der Waals surface area (Å²) in [5.41, 5.74) is 0. The van der Waals surface area contributed by atoms with Crippen molar-refractivity contribution in [3.05, 3.63) is 0 Å². The lowest BCUT2D eigenvalue weighted by Gasteiger charge is -2.18. The Balaban J connectivity index is 4.18. The molecule has 18 heavy (non-hydrogen) atoms. The number of carbonyl (C=O) groups excluding carboxylic acids is 1. The Kier molecular flexibility index (Phi) is 9.28. The van der Waals surface area contributed by atoms with Crippen molar-refractivity contribution in [3.8, 4) is 0 Å². The molecule has 0 bridgehead atoms. The molecule has 1 unspecified atom stereocenters. The van der Waals surface area contributed by atoms with Crippen molar-refractivity contribution < 1.29 is 23.5 Å². The normalized spacial score (nSPS) is 13.3. The van der Waals surface area contributed by atoms with Gasteiger partial charge in [0.15, 0.2) is 0 Å². The second-order valence-electron chi connectivity index (χ2n) is 3.78. The molecule has 0 radical (unpaired) electrons. The number of hydrogen-bond donors (Lipinski definition) is 2. The van der Waals surface area contributed by atoms with Gasteiger partial charge < -0.3 is 19.5 Å². The summed E-state index contributed by atoms with van der Waals surface area (Å²) in [5.74, 6) is -0.254. The van der Waals surface area contributed by atoms with E-state index in [-0.39, 0.29) is 44.4 Å². The van der Waals surface area contributed by atoms with E-state index in [1.54, 1.807) is 13.8 Å². The van der Waals surface area contributed by atoms with Crippen LogP contribution in [0.25, 0.3) is 0 Å². The molecule has 0 aromatic carbocycles. The minimum Gasteiger partial charge on any atom is -0.394 e. The van der Waals surface area contributed by atoms with E-state index >= 15 is 0 Å². The van der Waals surface area contributed by atoms with Gasteiger partial charge in [-0.25, -0.2) is 0 Å². The smallest absolute Gasteiger partial charge is 0.331 e. The molecule has 2 N–H and O–H groups in total. The van der Waals surface area contributed by atoms with Crippen molar-refractivity contribution in [3.63, 3.8) is 0 Å². The van der Waals surface area contributed by atoms with Crippen molar-refractivity contribution in [2.24, 2.45) is 0 Å². The van der Waals surface area contributed by atoms with Crippen LogP contribution in [-0.2, 0) is 18.4 Å². The van der Waals surface area contributed by atoms with Gasteiger partial charge in [-0.15, -0.1) is 0 Å². The van der Waals surface area contributed by atoms with Gasteiger partial charge in [-0.1, -0.05) is 6.92 Å². The van der Waals surface area contributed by atoms with Crippen LogP contribution in [0.15, 0.2) is 0 Å². The molecule has 0 aliphatic rings. The molecule has 0 aromatic heterocycles. The van der Waals surface area contributed by atoms with Gasteiger partial charge in [-0.2, -0.15) is 0 Å². The van der Waals surface area contributed by atoms with Gasteiger partial charge >= 0.3 is 7.60 Å². The van der Waals surface area contributed by atoms with Crippen molar-refractivity contribution in [2.75, 3.05) is 26.0 Å². The zero-order chi connectivity index (χ0) is 14.0. The van der Waals surface area contributed by atoms with Crippen molar-refractivity contribution in [1.29, 1.82) is 0 Å². The SMILES string of the molecule is CCOP(=O)(CCC(=O)NC(CC)CO)OCC. The number of aliphatic hydroxyl groups excluding tert-OH is 1. The molecule has 0 saturated heterocycles. The van der Waals surface area contributed by atoms with E-state index in [2.05, 4.69) is 5.32 Å². The molecule has 0 fully saturated rings. The summed E-state index contributed by atoms with van der Waals surface area (Å²) in [5, 5.41) is 11.6. The van der Waals surface area contributed by atoms with Crippen molar-refractivity contribution in [2.45, 2.75) is 39.7 Å². The summed E-state index contributed by atoms with van der Waals surface area (Å²) >= 11 is 0. The van der Waals surface area contributed by atoms with Gasteiger partial charge in [0.2, 0.25) is 5.91 Å². The lowest BCUT2D eigenvalue weighted by molar-refractivity contribution is -0.121. The van der Waals surface area contributed by atoms with Gasteiger partial charge in [0, 0.05) is 6.42 Å². The maximum absolute atomic E-state index is 12.1. The van der Waals surface area contributed by atoms with E-state index in [1.807, 2.05) is 6.92 Å². The summed E-state index contributed by atoms with van der Waals surface area (Å²) in [7, 11) is -3.16. The monoisotopic (exact) mass is 281 g/mol. The van der Waals surface area contributed by atoms with Crippen LogP contribution in [0, 0.1) is 0 Å². The summed E-state index contributed by atoms with van der Waals surface area (Å²) in [6.07, 6.45) is 0.771. The van der Waals surface area contributed by atoms with Crippen molar-refractivity contribution in [1.82, 2.24) is 5.32 Å². The fourth-order valence-electron chi connectivity index (χ4n) is 1.37. The number of rotatable bonds is 10. The highest BCUT2D eigenvalue weighted by molar-refractivity contribution is 7.53. The first-order valence-electron chi connectivity index (χ1n) is 6.29. The number of hydrogen-bond acceptors (Lipinski definition) is 5. The zero-order valence-corrected chi connectivity index (χ0v) is 12.2.